The Bertz CT molecular complexity index is 2160. The second kappa shape index (κ2) is 15.8. The molecule has 0 heterocycles. The third kappa shape index (κ3) is 7.44. The normalized spacial score (nSPS) is 20.4. The molecule has 0 aromatic heterocycles. The van der Waals surface area contributed by atoms with Crippen LogP contribution in [0.4, 0.5) is 0 Å². The quantitative estimate of drug-likeness (QED) is 0.137. The molecule has 50 heavy (non-hydrogen) atoms. The van der Waals surface area contributed by atoms with Crippen molar-refractivity contribution < 1.29 is 9.47 Å². The molecule has 0 bridgehead atoms. The van der Waals surface area contributed by atoms with Crippen molar-refractivity contribution in [3.05, 3.63) is 167 Å². The SMILES string of the molecule is COC1=CC2C(C=C1)C=C(c1ccc(C)cc1)C1C=CC(C)=CC12.COc1ccc2cc(-c3ccc(C)cc3)c3ccc(C)cc3c2c1.[2H]P.[2H]P. The summed E-state index contributed by atoms with van der Waals surface area (Å²) >= 11 is 0. The van der Waals surface area contributed by atoms with Crippen LogP contribution in [0.15, 0.2) is 145 Å². The van der Waals surface area contributed by atoms with Crippen LogP contribution in [0.3, 0.4) is 0 Å². The van der Waals surface area contributed by atoms with Gasteiger partial charge >= 0.3 is 0 Å². The van der Waals surface area contributed by atoms with Gasteiger partial charge in [-0.3, -0.25) is 0 Å². The van der Waals surface area contributed by atoms with E-state index < -0.39 is 0 Å². The van der Waals surface area contributed by atoms with Gasteiger partial charge in [0.2, 0.25) is 0 Å². The maximum Gasteiger partial charge on any atom is 0.119 e. The predicted molar refractivity (Wildman–Crippen MR) is 225 cm³/mol. The van der Waals surface area contributed by atoms with E-state index in [9.17, 15) is 0 Å². The van der Waals surface area contributed by atoms with E-state index in [0.717, 1.165) is 11.5 Å². The topological polar surface area (TPSA) is 18.5 Å². The molecule has 5 aromatic carbocycles. The molecule has 256 valence electrons. The first kappa shape index (κ1) is 34.2. The van der Waals surface area contributed by atoms with E-state index in [2.05, 4.69) is 155 Å². The van der Waals surface area contributed by atoms with Crippen molar-refractivity contribution in [1.82, 2.24) is 0 Å². The number of hydrogen-bond donors (Lipinski definition) is 0. The Balaban J connectivity index is 0.000000184. The third-order valence-corrected chi connectivity index (χ3v) is 10.2. The lowest BCUT2D eigenvalue weighted by Crippen LogP contribution is -2.32. The number of rotatable bonds is 4. The first-order valence-electron chi connectivity index (χ1n) is 18.1. The van der Waals surface area contributed by atoms with Gasteiger partial charge in [0.05, 0.1) is 16.8 Å². The molecule has 3 aliphatic carbocycles. The lowest BCUT2D eigenvalue weighted by Gasteiger charge is -2.41. The summed E-state index contributed by atoms with van der Waals surface area (Å²) in [7, 11) is 6.81. The molecule has 0 spiro atoms. The summed E-state index contributed by atoms with van der Waals surface area (Å²) < 4.78 is 22.2. The molecule has 0 saturated heterocycles. The minimum Gasteiger partial charge on any atom is -0.497 e. The monoisotopic (exact) mass is 698 g/mol. The first-order chi connectivity index (χ1) is 25.3. The number of ether oxygens (including phenoxy) is 2. The zero-order valence-corrected chi connectivity index (χ0v) is 32.3. The van der Waals surface area contributed by atoms with E-state index in [1.54, 1.807) is 33.9 Å². The summed E-state index contributed by atoms with van der Waals surface area (Å²) in [4.78, 5) is 0. The van der Waals surface area contributed by atoms with Gasteiger partial charge in [0.15, 0.2) is 0 Å². The minimum atomic E-state index is 0.442. The van der Waals surface area contributed by atoms with Crippen LogP contribution in [0.2, 0.25) is 0 Å². The van der Waals surface area contributed by atoms with Gasteiger partial charge in [0.25, 0.3) is 0 Å². The molecule has 8 rings (SSSR count). The van der Waals surface area contributed by atoms with Gasteiger partial charge < -0.3 is 9.47 Å². The van der Waals surface area contributed by atoms with Gasteiger partial charge in [-0.1, -0.05) is 125 Å². The predicted octanol–water partition coefficient (Wildman–Crippen LogP) is 11.9. The van der Waals surface area contributed by atoms with Gasteiger partial charge in [-0.2, -0.15) is 19.7 Å². The lowest BCUT2D eigenvalue weighted by molar-refractivity contribution is 0.280. The van der Waals surface area contributed by atoms with Gasteiger partial charge in [-0.05, 0) is 114 Å². The van der Waals surface area contributed by atoms with Crippen molar-refractivity contribution in [2.45, 2.75) is 27.7 Å². The smallest absolute Gasteiger partial charge is 0.119 e. The molecule has 3 aliphatic rings. The average Bonchev–Trinajstić information content (AvgIpc) is 3.19. The van der Waals surface area contributed by atoms with E-state index in [1.807, 2.05) is 6.07 Å². The number of aryl methyl sites for hydroxylation is 3. The molecule has 2 nitrogen and oxygen atoms in total. The Kier molecular flexibility index (Phi) is 10.8. The Morgan fingerprint density at radius 3 is 1.92 bits per heavy atom. The van der Waals surface area contributed by atoms with Crippen molar-refractivity contribution in [3.63, 3.8) is 0 Å². The van der Waals surface area contributed by atoms with Crippen molar-refractivity contribution in [3.8, 4) is 16.9 Å². The maximum absolute atomic E-state index is 5.67. The van der Waals surface area contributed by atoms with E-state index in [0.29, 0.717) is 23.7 Å². The second-order valence-electron chi connectivity index (χ2n) is 13.6. The molecule has 5 aromatic rings. The summed E-state index contributed by atoms with van der Waals surface area (Å²) in [5, 5.41) is 5.04. The second-order valence-corrected chi connectivity index (χ2v) is 13.6. The number of hydrogen-bond acceptors (Lipinski definition) is 2. The summed E-state index contributed by atoms with van der Waals surface area (Å²) in [6.07, 6.45) is 16.3. The summed E-state index contributed by atoms with van der Waals surface area (Å²) in [5.74, 6) is 3.74. The van der Waals surface area contributed by atoms with Crippen LogP contribution in [-0.4, -0.2) is 16.8 Å². The van der Waals surface area contributed by atoms with E-state index in [1.165, 1.54) is 66.1 Å². The Hall–Kier alpha value is -4.22. The highest BCUT2D eigenvalue weighted by molar-refractivity contribution is 6.92. The standard InChI is InChI=1S/C23H24O.C23H20O.2H3P/c2*1-15-4-7-17(8-5-15)21-13-18-9-10-19(24-3)14-22(18)23-12-16(2)6-11-20(21)23;;/h4-14,18,20,22-23H,1-3H3;4-14H,1-3H3;2*1H3/i;;2*1D. The molecule has 0 aliphatic heterocycles. The molecular formula is C46H50O2P2. The van der Waals surface area contributed by atoms with E-state index >= 15 is 0 Å². The summed E-state index contributed by atoms with van der Waals surface area (Å²) in [6, 6.07) is 33.0. The van der Waals surface area contributed by atoms with E-state index in [-0.39, 0.29) is 0 Å². The summed E-state index contributed by atoms with van der Waals surface area (Å²) in [6.45, 7) is 8.61. The molecular weight excluding hydrogens is 646 g/mol. The molecule has 0 amide bonds. The van der Waals surface area contributed by atoms with Crippen molar-refractivity contribution >= 4 is 46.8 Å². The molecule has 0 fully saturated rings. The van der Waals surface area contributed by atoms with Crippen molar-refractivity contribution in [2.24, 2.45) is 23.7 Å². The van der Waals surface area contributed by atoms with E-state index in [4.69, 9.17) is 12.0 Å². The van der Waals surface area contributed by atoms with Crippen LogP contribution in [0.5, 0.6) is 5.75 Å². The summed E-state index contributed by atoms with van der Waals surface area (Å²) in [5.41, 5.74) is 10.6. The Morgan fingerprint density at radius 1 is 0.560 bits per heavy atom. The lowest BCUT2D eigenvalue weighted by atomic mass is 9.63. The number of methoxy groups -OCH3 is 2. The molecule has 6 atom stereocenters. The van der Waals surface area contributed by atoms with Crippen LogP contribution in [0.25, 0.3) is 38.2 Å². The highest BCUT2D eigenvalue weighted by atomic mass is 31.0. The van der Waals surface area contributed by atoms with Gasteiger partial charge in [-0.25, -0.2) is 0 Å². The van der Waals surface area contributed by atoms with Gasteiger partial charge in [0.1, 0.15) is 11.5 Å². The van der Waals surface area contributed by atoms with Crippen LogP contribution in [-0.2, 0) is 4.74 Å². The van der Waals surface area contributed by atoms with Gasteiger partial charge in [0, 0.05) is 11.8 Å². The largest absolute Gasteiger partial charge is 0.497 e. The van der Waals surface area contributed by atoms with Crippen LogP contribution in [0.1, 0.15) is 29.2 Å². The van der Waals surface area contributed by atoms with Gasteiger partial charge in [-0.15, -0.1) is 0 Å². The zero-order valence-electron chi connectivity index (χ0n) is 32.0. The highest BCUT2D eigenvalue weighted by Gasteiger charge is 2.38. The fourth-order valence-corrected chi connectivity index (χ4v) is 7.56. The highest BCUT2D eigenvalue weighted by Crippen LogP contribution is 2.48. The molecule has 0 saturated carbocycles. The first-order valence-corrected chi connectivity index (χ1v) is 17.0. The number of allylic oxidation sites excluding steroid dienone is 9. The molecule has 6 unspecified atom stereocenters. The molecule has 0 N–H and O–H groups in total. The van der Waals surface area contributed by atoms with Crippen LogP contribution in [0, 0.1) is 44.4 Å². The minimum absolute atomic E-state index is 0.442. The van der Waals surface area contributed by atoms with Crippen molar-refractivity contribution in [1.29, 1.82) is 2.56 Å². The number of fused-ring (bicyclic) bond motifs is 6. The number of benzene rings is 5. The fourth-order valence-electron chi connectivity index (χ4n) is 7.56. The van der Waals surface area contributed by atoms with Crippen LogP contribution < -0.4 is 4.74 Å². The molecule has 4 heteroatoms. The van der Waals surface area contributed by atoms with Crippen LogP contribution >= 0.6 is 19.7 Å². The Labute approximate surface area is 307 Å². The fraction of sp³-hybridized carbons (Fsp3) is 0.217. The average molecular weight is 699 g/mol. The maximum atomic E-state index is 5.67. The van der Waals surface area contributed by atoms with Crippen molar-refractivity contribution in [2.75, 3.05) is 14.2 Å². The Morgan fingerprint density at radius 2 is 1.24 bits per heavy atom. The molecule has 0 radical (unpaired) electrons. The zero-order chi connectivity index (χ0) is 37.4. The third-order valence-electron chi connectivity index (χ3n) is 10.2.